The Labute approximate surface area is 170 Å². The van der Waals surface area contributed by atoms with E-state index in [1.165, 1.54) is 30.7 Å². The van der Waals surface area contributed by atoms with E-state index in [0.717, 1.165) is 4.90 Å². The molecule has 0 spiro atoms. The number of β-lactam (4-membered cyclic amide) rings is 1. The predicted molar refractivity (Wildman–Crippen MR) is 99.8 cm³/mol. The van der Waals surface area contributed by atoms with Crippen molar-refractivity contribution in [2.75, 3.05) is 13.7 Å². The number of carbonyl (C=O) groups is 5. The van der Waals surface area contributed by atoms with Crippen LogP contribution >= 0.6 is 11.8 Å². The molecule has 4 atom stereocenters. The van der Waals surface area contributed by atoms with Crippen LogP contribution < -0.4 is 0 Å². The molecule has 0 aromatic heterocycles. The molecular weight excluding hydrogens is 400 g/mol. The second-order valence-corrected chi connectivity index (χ2v) is 8.89. The maximum atomic E-state index is 13.0. The number of thioether (sulfide) groups is 1. The fourth-order valence-corrected chi connectivity index (χ4v) is 5.75. The number of imide groups is 1. The molecule has 10 heteroatoms. The van der Waals surface area contributed by atoms with Crippen molar-refractivity contribution in [1.82, 2.24) is 9.80 Å². The van der Waals surface area contributed by atoms with E-state index >= 15 is 0 Å². The van der Waals surface area contributed by atoms with Crippen LogP contribution in [0.2, 0.25) is 0 Å². The highest BCUT2D eigenvalue weighted by molar-refractivity contribution is 8.01. The molecule has 3 aliphatic heterocycles. The van der Waals surface area contributed by atoms with Gasteiger partial charge >= 0.3 is 11.9 Å². The Kier molecular flexibility index (Phi) is 4.41. The van der Waals surface area contributed by atoms with E-state index in [0.29, 0.717) is 0 Å². The average Bonchev–Trinajstić information content (AvgIpc) is 3.11. The van der Waals surface area contributed by atoms with Crippen LogP contribution in [-0.2, 0) is 23.9 Å². The molecule has 152 valence electrons. The Hall–Kier alpha value is -2.88. The zero-order valence-electron chi connectivity index (χ0n) is 15.9. The SMILES string of the molecule is COC(=O)[C@@H]1N2C(=O)[C@@H](N3C(=O)c4ccccc4C3=O)[C@H]2S[C@]1(C)COC(C)=O. The Morgan fingerprint density at radius 2 is 1.72 bits per heavy atom. The summed E-state index contributed by atoms with van der Waals surface area (Å²) in [6.07, 6.45) is 0. The summed E-state index contributed by atoms with van der Waals surface area (Å²) in [6.45, 7) is 2.81. The first kappa shape index (κ1) is 19.4. The summed E-state index contributed by atoms with van der Waals surface area (Å²) in [6, 6.07) is 4.35. The number of hydrogen-bond acceptors (Lipinski definition) is 8. The van der Waals surface area contributed by atoms with Crippen molar-refractivity contribution >= 4 is 41.4 Å². The van der Waals surface area contributed by atoms with Gasteiger partial charge in [0, 0.05) is 6.92 Å². The third-order valence-electron chi connectivity index (χ3n) is 5.39. The third-order valence-corrected chi connectivity index (χ3v) is 6.99. The third kappa shape index (κ3) is 2.65. The van der Waals surface area contributed by atoms with Crippen LogP contribution in [0.1, 0.15) is 34.6 Å². The number of methoxy groups -OCH3 is 1. The molecule has 0 bridgehead atoms. The summed E-state index contributed by atoms with van der Waals surface area (Å²) in [5, 5.41) is -0.630. The fourth-order valence-electron chi connectivity index (χ4n) is 4.03. The van der Waals surface area contributed by atoms with Gasteiger partial charge in [0.1, 0.15) is 24.1 Å². The molecule has 9 nitrogen and oxygen atoms in total. The highest BCUT2D eigenvalue weighted by atomic mass is 32.2. The van der Waals surface area contributed by atoms with E-state index in [-0.39, 0.29) is 17.7 Å². The molecular formula is C19H18N2O7S. The van der Waals surface area contributed by atoms with Crippen LogP contribution in [0, 0.1) is 0 Å². The van der Waals surface area contributed by atoms with Crippen LogP contribution in [0.5, 0.6) is 0 Å². The highest BCUT2D eigenvalue weighted by Crippen LogP contribution is 2.53. The quantitative estimate of drug-likeness (QED) is 0.393. The molecule has 0 saturated carbocycles. The number of amides is 3. The van der Waals surface area contributed by atoms with E-state index in [9.17, 15) is 24.0 Å². The molecule has 0 aliphatic carbocycles. The van der Waals surface area contributed by atoms with Gasteiger partial charge in [0.05, 0.1) is 23.0 Å². The summed E-state index contributed by atoms with van der Waals surface area (Å²) in [5.74, 6) is -2.75. The van der Waals surface area contributed by atoms with Gasteiger partial charge in [-0.1, -0.05) is 12.1 Å². The van der Waals surface area contributed by atoms with E-state index in [1.807, 2.05) is 0 Å². The van der Waals surface area contributed by atoms with Gasteiger partial charge in [-0.3, -0.25) is 24.1 Å². The molecule has 0 N–H and O–H groups in total. The van der Waals surface area contributed by atoms with Crippen LogP contribution in [0.15, 0.2) is 24.3 Å². The molecule has 2 saturated heterocycles. The lowest BCUT2D eigenvalue weighted by Gasteiger charge is -2.46. The van der Waals surface area contributed by atoms with Crippen LogP contribution in [0.3, 0.4) is 0 Å². The summed E-state index contributed by atoms with van der Waals surface area (Å²) in [7, 11) is 1.21. The first-order valence-corrected chi connectivity index (χ1v) is 9.77. The van der Waals surface area contributed by atoms with Crippen LogP contribution in [-0.4, -0.2) is 75.4 Å². The van der Waals surface area contributed by atoms with Crippen molar-refractivity contribution in [2.24, 2.45) is 0 Å². The normalized spacial score (nSPS) is 30.0. The topological polar surface area (TPSA) is 110 Å². The largest absolute Gasteiger partial charge is 0.467 e. The van der Waals surface area contributed by atoms with E-state index in [4.69, 9.17) is 9.47 Å². The van der Waals surface area contributed by atoms with Crippen molar-refractivity contribution in [2.45, 2.75) is 36.1 Å². The lowest BCUT2D eigenvalue weighted by molar-refractivity contribution is -0.165. The van der Waals surface area contributed by atoms with Crippen molar-refractivity contribution in [3.63, 3.8) is 0 Å². The van der Waals surface area contributed by atoms with Gasteiger partial charge in [-0.25, -0.2) is 4.79 Å². The van der Waals surface area contributed by atoms with Crippen molar-refractivity contribution < 1.29 is 33.4 Å². The molecule has 0 unspecified atom stereocenters. The van der Waals surface area contributed by atoms with Gasteiger partial charge in [-0.15, -0.1) is 11.8 Å². The Balaban J connectivity index is 1.66. The highest BCUT2D eigenvalue weighted by Gasteiger charge is 2.69. The van der Waals surface area contributed by atoms with E-state index in [2.05, 4.69) is 0 Å². The van der Waals surface area contributed by atoms with Gasteiger partial charge in [-0.2, -0.15) is 0 Å². The minimum absolute atomic E-state index is 0.123. The Bertz CT molecular complexity index is 929. The van der Waals surface area contributed by atoms with E-state index < -0.39 is 51.9 Å². The zero-order valence-corrected chi connectivity index (χ0v) is 16.7. The predicted octanol–water partition coefficient (Wildman–Crippen LogP) is 0.430. The van der Waals surface area contributed by atoms with Crippen molar-refractivity contribution in [3.8, 4) is 0 Å². The number of carbonyl (C=O) groups excluding carboxylic acids is 5. The minimum atomic E-state index is -1.03. The average molecular weight is 418 g/mol. The van der Waals surface area contributed by atoms with E-state index in [1.54, 1.807) is 31.2 Å². The zero-order chi connectivity index (χ0) is 21.1. The molecule has 3 heterocycles. The van der Waals surface area contributed by atoms with Crippen LogP contribution in [0.25, 0.3) is 0 Å². The fraction of sp³-hybridized carbons (Fsp3) is 0.421. The molecule has 3 amide bonds. The van der Waals surface area contributed by atoms with Gasteiger partial charge in [0.25, 0.3) is 17.7 Å². The Morgan fingerprint density at radius 1 is 1.14 bits per heavy atom. The molecule has 1 aromatic carbocycles. The lowest BCUT2D eigenvalue weighted by Crippen LogP contribution is -2.71. The first-order valence-electron chi connectivity index (χ1n) is 8.89. The lowest BCUT2D eigenvalue weighted by atomic mass is 9.94. The number of hydrogen-bond donors (Lipinski definition) is 0. The number of rotatable bonds is 4. The second-order valence-electron chi connectivity index (χ2n) is 7.24. The van der Waals surface area contributed by atoms with Crippen molar-refractivity contribution in [1.29, 1.82) is 0 Å². The standard InChI is InChI=1S/C19H18N2O7S/c1-9(22)28-8-19(2)13(18(26)27-3)21-16(25)12(17(21)29-19)20-14(23)10-6-4-5-7-11(10)15(20)24/h4-7,12-13,17H,8H2,1-3H3/t12-,13+,17-,19-/m1/s1. The number of fused-ring (bicyclic) bond motifs is 2. The molecule has 3 aliphatic rings. The minimum Gasteiger partial charge on any atom is -0.467 e. The Morgan fingerprint density at radius 3 is 2.24 bits per heavy atom. The monoisotopic (exact) mass is 418 g/mol. The molecule has 0 radical (unpaired) electrons. The first-order chi connectivity index (χ1) is 13.7. The van der Waals surface area contributed by atoms with Gasteiger partial charge in [0.2, 0.25) is 0 Å². The maximum Gasteiger partial charge on any atom is 0.330 e. The smallest absolute Gasteiger partial charge is 0.330 e. The number of ether oxygens (including phenoxy) is 2. The molecule has 2 fully saturated rings. The van der Waals surface area contributed by atoms with Gasteiger partial charge in [0.15, 0.2) is 0 Å². The number of esters is 2. The van der Waals surface area contributed by atoms with Crippen molar-refractivity contribution in [3.05, 3.63) is 35.4 Å². The maximum absolute atomic E-state index is 13.0. The molecule has 1 aromatic rings. The number of benzene rings is 1. The summed E-state index contributed by atoms with van der Waals surface area (Å²) in [5.41, 5.74) is 0.498. The van der Waals surface area contributed by atoms with Crippen LogP contribution in [0.4, 0.5) is 0 Å². The molecule has 4 rings (SSSR count). The van der Waals surface area contributed by atoms with Gasteiger partial charge < -0.3 is 14.4 Å². The summed E-state index contributed by atoms with van der Waals surface area (Å²) < 4.78 is 8.99. The van der Waals surface area contributed by atoms with Gasteiger partial charge in [-0.05, 0) is 19.1 Å². The summed E-state index contributed by atoms with van der Waals surface area (Å²) in [4.78, 5) is 64.6. The summed E-state index contributed by atoms with van der Waals surface area (Å²) >= 11 is 1.22. The molecule has 29 heavy (non-hydrogen) atoms. The number of nitrogens with zero attached hydrogens (tertiary/aromatic N) is 2. The second kappa shape index (κ2) is 6.58.